The molecular weight excluding hydrogens is 230 g/mol. The Balaban J connectivity index is 2.35. The van der Waals surface area contributed by atoms with E-state index in [1.165, 1.54) is 17.1 Å². The lowest BCUT2D eigenvalue weighted by molar-refractivity contribution is -0.390. The van der Waals surface area contributed by atoms with Crippen LogP contribution >= 0.6 is 0 Å². The van der Waals surface area contributed by atoms with Crippen molar-refractivity contribution in [1.29, 1.82) is 0 Å². The number of rotatable bonds is 4. The van der Waals surface area contributed by atoms with Gasteiger partial charge in [-0.2, -0.15) is 4.57 Å². The van der Waals surface area contributed by atoms with Crippen LogP contribution in [0.5, 0.6) is 0 Å². The summed E-state index contributed by atoms with van der Waals surface area (Å²) in [4.78, 5) is 14.5. The van der Waals surface area contributed by atoms with Gasteiger partial charge in [0.15, 0.2) is 12.0 Å². The van der Waals surface area contributed by atoms with Crippen LogP contribution in [0.4, 0.5) is 5.82 Å². The van der Waals surface area contributed by atoms with Crippen LogP contribution in [-0.2, 0) is 0 Å². The molecule has 5 nitrogen and oxygen atoms in total. The maximum absolute atomic E-state index is 10.9. The first-order valence-electron chi connectivity index (χ1n) is 5.29. The summed E-state index contributed by atoms with van der Waals surface area (Å²) in [6.45, 7) is 3.50. The number of hydrogen-bond acceptors (Lipinski definition) is 3. The van der Waals surface area contributed by atoms with Crippen LogP contribution in [0.15, 0.2) is 43.2 Å². The lowest BCUT2D eigenvalue weighted by Gasteiger charge is -1.95. The van der Waals surface area contributed by atoms with Gasteiger partial charge in [-0.1, -0.05) is 43.0 Å². The summed E-state index contributed by atoms with van der Waals surface area (Å²) in [6.07, 6.45) is 6.12. The molecule has 0 saturated heterocycles. The highest BCUT2D eigenvalue weighted by Gasteiger charge is 2.17. The Labute approximate surface area is 104 Å². The van der Waals surface area contributed by atoms with Crippen LogP contribution < -0.4 is 0 Å². The molecule has 90 valence electrons. The predicted molar refractivity (Wildman–Crippen MR) is 70.6 cm³/mol. The van der Waals surface area contributed by atoms with Crippen LogP contribution in [-0.4, -0.2) is 14.5 Å². The summed E-state index contributed by atoms with van der Waals surface area (Å²) in [5, 5.41) is 10.9. The van der Waals surface area contributed by atoms with Gasteiger partial charge in [-0.05, 0) is 16.6 Å². The third-order valence-electron chi connectivity index (χ3n) is 2.40. The van der Waals surface area contributed by atoms with Crippen molar-refractivity contribution in [3.8, 4) is 0 Å². The lowest BCUT2D eigenvalue weighted by Crippen LogP contribution is -1.96. The van der Waals surface area contributed by atoms with Crippen molar-refractivity contribution in [2.24, 2.45) is 0 Å². The normalized spacial score (nSPS) is 10.7. The van der Waals surface area contributed by atoms with E-state index in [1.54, 1.807) is 12.2 Å². The van der Waals surface area contributed by atoms with E-state index in [0.29, 0.717) is 5.69 Å². The van der Waals surface area contributed by atoms with E-state index in [1.807, 2.05) is 30.3 Å². The first kappa shape index (κ1) is 11.8. The summed E-state index contributed by atoms with van der Waals surface area (Å²) in [7, 11) is 0. The molecular formula is C13H11N3O2. The van der Waals surface area contributed by atoms with Gasteiger partial charge in [0.25, 0.3) is 0 Å². The average molecular weight is 241 g/mol. The van der Waals surface area contributed by atoms with Gasteiger partial charge in [-0.3, -0.25) is 0 Å². The highest BCUT2D eigenvalue weighted by molar-refractivity contribution is 5.71. The van der Waals surface area contributed by atoms with Crippen molar-refractivity contribution in [2.75, 3.05) is 0 Å². The smallest absolute Gasteiger partial charge is 0.354 e. The molecule has 0 atom stereocenters. The Morgan fingerprint density at radius 1 is 1.28 bits per heavy atom. The minimum absolute atomic E-state index is 0.0859. The first-order valence-corrected chi connectivity index (χ1v) is 5.29. The van der Waals surface area contributed by atoms with Gasteiger partial charge >= 0.3 is 5.82 Å². The second kappa shape index (κ2) is 5.09. The van der Waals surface area contributed by atoms with Crippen molar-refractivity contribution >= 4 is 24.2 Å². The standard InChI is InChI=1S/C13H11N3O2/c1-2-15-10-14-12(13(15)16(17)18)9-8-11-6-4-3-5-7-11/h2-10H,1H2. The molecule has 0 bridgehead atoms. The van der Waals surface area contributed by atoms with Crippen molar-refractivity contribution in [2.45, 2.75) is 0 Å². The van der Waals surface area contributed by atoms with Gasteiger partial charge < -0.3 is 10.1 Å². The average Bonchev–Trinajstić information content (AvgIpc) is 2.80. The topological polar surface area (TPSA) is 61.0 Å². The fourth-order valence-corrected chi connectivity index (χ4v) is 1.55. The predicted octanol–water partition coefficient (Wildman–Crippen LogP) is 3.06. The minimum atomic E-state index is -0.473. The molecule has 0 aliphatic carbocycles. The summed E-state index contributed by atoms with van der Waals surface area (Å²) < 4.78 is 1.28. The van der Waals surface area contributed by atoms with E-state index in [0.717, 1.165) is 5.56 Å². The zero-order valence-electron chi connectivity index (χ0n) is 9.56. The molecule has 5 heteroatoms. The summed E-state index contributed by atoms with van der Waals surface area (Å²) in [5.74, 6) is -0.0859. The van der Waals surface area contributed by atoms with Gasteiger partial charge in [0.05, 0.1) is 6.20 Å². The number of benzene rings is 1. The highest BCUT2D eigenvalue weighted by atomic mass is 16.6. The molecule has 0 aliphatic rings. The van der Waals surface area contributed by atoms with E-state index in [4.69, 9.17) is 0 Å². The van der Waals surface area contributed by atoms with Crippen LogP contribution in [0.1, 0.15) is 11.3 Å². The zero-order chi connectivity index (χ0) is 13.0. The molecule has 0 aliphatic heterocycles. The van der Waals surface area contributed by atoms with Gasteiger partial charge in [0, 0.05) is 0 Å². The van der Waals surface area contributed by atoms with Crippen LogP contribution in [0.3, 0.4) is 0 Å². The number of hydrogen-bond donors (Lipinski definition) is 0. The minimum Gasteiger partial charge on any atom is -0.358 e. The number of nitrogens with zero attached hydrogens (tertiary/aromatic N) is 3. The maximum Gasteiger partial charge on any atom is 0.354 e. The molecule has 2 aromatic rings. The Morgan fingerprint density at radius 2 is 2.00 bits per heavy atom. The summed E-state index contributed by atoms with van der Waals surface area (Å²) in [5.41, 5.74) is 1.27. The molecule has 0 unspecified atom stereocenters. The molecule has 18 heavy (non-hydrogen) atoms. The van der Waals surface area contributed by atoms with E-state index < -0.39 is 4.92 Å². The van der Waals surface area contributed by atoms with Gasteiger partial charge in [-0.25, -0.2) is 4.98 Å². The second-order valence-electron chi connectivity index (χ2n) is 3.54. The van der Waals surface area contributed by atoms with Gasteiger partial charge in [0.2, 0.25) is 0 Å². The van der Waals surface area contributed by atoms with E-state index in [9.17, 15) is 10.1 Å². The van der Waals surface area contributed by atoms with E-state index in [-0.39, 0.29) is 5.82 Å². The zero-order valence-corrected chi connectivity index (χ0v) is 9.56. The number of nitro groups is 1. The largest absolute Gasteiger partial charge is 0.358 e. The molecule has 2 rings (SSSR count). The molecule has 0 radical (unpaired) electrons. The Kier molecular flexibility index (Phi) is 3.33. The molecule has 0 spiro atoms. The molecule has 0 N–H and O–H groups in total. The maximum atomic E-state index is 10.9. The van der Waals surface area contributed by atoms with Gasteiger partial charge in [0.1, 0.15) is 0 Å². The summed E-state index contributed by atoms with van der Waals surface area (Å²) >= 11 is 0. The Bertz CT molecular complexity index is 600. The Morgan fingerprint density at radius 3 is 2.61 bits per heavy atom. The third-order valence-corrected chi connectivity index (χ3v) is 2.40. The van der Waals surface area contributed by atoms with Crippen molar-refractivity contribution in [1.82, 2.24) is 9.55 Å². The molecule has 0 fully saturated rings. The molecule has 0 saturated carbocycles. The first-order chi connectivity index (χ1) is 8.72. The number of imidazole rings is 1. The highest BCUT2D eigenvalue weighted by Crippen LogP contribution is 2.19. The SMILES string of the molecule is C=Cn1cnc(C=Cc2ccccc2)c1[N+](=O)[O-]. The molecule has 1 heterocycles. The van der Waals surface area contributed by atoms with Crippen molar-refractivity contribution in [3.05, 3.63) is 64.6 Å². The fraction of sp³-hybridized carbons (Fsp3) is 0. The quantitative estimate of drug-likeness (QED) is 0.610. The molecule has 1 aromatic carbocycles. The third kappa shape index (κ3) is 2.35. The molecule has 0 amide bonds. The van der Waals surface area contributed by atoms with Crippen LogP contribution in [0.2, 0.25) is 0 Å². The summed E-state index contributed by atoms with van der Waals surface area (Å²) in [6, 6.07) is 9.53. The fourth-order valence-electron chi connectivity index (χ4n) is 1.55. The number of aromatic nitrogens is 2. The Hall–Kier alpha value is -2.69. The van der Waals surface area contributed by atoms with Crippen molar-refractivity contribution in [3.63, 3.8) is 0 Å². The van der Waals surface area contributed by atoms with Gasteiger partial charge in [-0.15, -0.1) is 0 Å². The van der Waals surface area contributed by atoms with E-state index in [2.05, 4.69) is 11.6 Å². The lowest BCUT2D eigenvalue weighted by atomic mass is 10.2. The van der Waals surface area contributed by atoms with Crippen molar-refractivity contribution < 1.29 is 4.92 Å². The van der Waals surface area contributed by atoms with Crippen LogP contribution in [0.25, 0.3) is 18.4 Å². The van der Waals surface area contributed by atoms with Crippen LogP contribution in [0, 0.1) is 10.1 Å². The van der Waals surface area contributed by atoms with E-state index >= 15 is 0 Å². The monoisotopic (exact) mass is 241 g/mol. The molecule has 1 aromatic heterocycles. The second-order valence-corrected chi connectivity index (χ2v) is 3.54.